The molecule has 0 aliphatic carbocycles. The van der Waals surface area contributed by atoms with Gasteiger partial charge in [0, 0.05) is 29.6 Å². The molecule has 2 aliphatic heterocycles. The van der Waals surface area contributed by atoms with Crippen LogP contribution >= 0.6 is 27.3 Å². The number of piperazine rings is 1. The summed E-state index contributed by atoms with van der Waals surface area (Å²) in [5, 5.41) is 1.82. The van der Waals surface area contributed by atoms with Crippen molar-refractivity contribution < 1.29 is 8.42 Å². The van der Waals surface area contributed by atoms with Gasteiger partial charge in [-0.2, -0.15) is 4.31 Å². The molecule has 0 spiro atoms. The normalized spacial score (nSPS) is 29.3. The Bertz CT molecular complexity index is 587. The third-order valence-corrected chi connectivity index (χ3v) is 8.88. The lowest BCUT2D eigenvalue weighted by molar-refractivity contribution is 0.0565. The molecule has 2 fully saturated rings. The topological polar surface area (TPSA) is 40.6 Å². The summed E-state index contributed by atoms with van der Waals surface area (Å²) in [5.74, 6) is 0. The molecular weight excluding hydrogens is 360 g/mol. The zero-order valence-corrected chi connectivity index (χ0v) is 14.7. The molecule has 2 aliphatic rings. The van der Waals surface area contributed by atoms with Gasteiger partial charge in [-0.1, -0.05) is 6.42 Å². The number of fused-ring (bicyclic) bond motifs is 1. The summed E-state index contributed by atoms with van der Waals surface area (Å²) in [6.45, 7) is 4.62. The molecule has 2 unspecified atom stereocenters. The van der Waals surface area contributed by atoms with E-state index in [0.717, 1.165) is 19.5 Å². The van der Waals surface area contributed by atoms with Gasteiger partial charge in [-0.3, -0.25) is 4.90 Å². The summed E-state index contributed by atoms with van der Waals surface area (Å²) >= 11 is 4.64. The van der Waals surface area contributed by atoms with E-state index in [1.165, 1.54) is 24.2 Å². The van der Waals surface area contributed by atoms with E-state index in [1.54, 1.807) is 10.4 Å². The lowest BCUT2D eigenvalue weighted by Gasteiger charge is -2.46. The van der Waals surface area contributed by atoms with E-state index >= 15 is 0 Å². The van der Waals surface area contributed by atoms with Crippen LogP contribution in [0.25, 0.3) is 0 Å². The van der Waals surface area contributed by atoms with Gasteiger partial charge in [0.25, 0.3) is 10.0 Å². The highest BCUT2D eigenvalue weighted by atomic mass is 79.9. The van der Waals surface area contributed by atoms with E-state index in [-0.39, 0.29) is 6.04 Å². The Labute approximate surface area is 132 Å². The number of piperidine rings is 1. The third-order valence-electron chi connectivity index (χ3n) is 4.26. The number of thiophene rings is 1. The molecule has 0 saturated carbocycles. The van der Waals surface area contributed by atoms with E-state index in [4.69, 9.17) is 0 Å². The van der Waals surface area contributed by atoms with E-state index in [9.17, 15) is 8.42 Å². The van der Waals surface area contributed by atoms with Crippen LogP contribution in [0.15, 0.2) is 20.1 Å². The van der Waals surface area contributed by atoms with Crippen molar-refractivity contribution in [3.05, 3.63) is 15.9 Å². The Morgan fingerprint density at radius 3 is 2.85 bits per heavy atom. The van der Waals surface area contributed by atoms with Crippen molar-refractivity contribution in [3.8, 4) is 0 Å². The molecule has 4 nitrogen and oxygen atoms in total. The van der Waals surface area contributed by atoms with Crippen LogP contribution in [0.3, 0.4) is 0 Å². The molecule has 1 aromatic rings. The number of hydrogen-bond donors (Lipinski definition) is 0. The Balaban J connectivity index is 1.88. The lowest BCUT2D eigenvalue weighted by Crippen LogP contribution is -2.59. The minimum Gasteiger partial charge on any atom is -0.297 e. The maximum atomic E-state index is 12.8. The monoisotopic (exact) mass is 378 g/mol. The second kappa shape index (κ2) is 5.68. The first-order valence-corrected chi connectivity index (χ1v) is 10.1. The first-order valence-electron chi connectivity index (χ1n) is 6.99. The predicted octanol–water partition coefficient (Wildman–Crippen LogP) is 2.76. The van der Waals surface area contributed by atoms with Crippen LogP contribution in [-0.4, -0.2) is 49.3 Å². The Morgan fingerprint density at radius 2 is 2.15 bits per heavy atom. The van der Waals surface area contributed by atoms with E-state index < -0.39 is 10.0 Å². The fourth-order valence-electron chi connectivity index (χ4n) is 3.23. The van der Waals surface area contributed by atoms with Crippen molar-refractivity contribution in [2.45, 2.75) is 42.5 Å². The van der Waals surface area contributed by atoms with Gasteiger partial charge >= 0.3 is 0 Å². The standard InChI is InChI=1S/C13H19BrN2O2S2/c1-10-8-15-6-3-2-4-11(15)9-16(10)20(17,18)13-12(14)5-7-19-13/h5,7,10-11H,2-4,6,8-9H2,1H3. The molecule has 0 aromatic carbocycles. The molecule has 112 valence electrons. The van der Waals surface area contributed by atoms with Gasteiger partial charge in [-0.15, -0.1) is 11.3 Å². The Morgan fingerprint density at radius 1 is 1.35 bits per heavy atom. The van der Waals surface area contributed by atoms with Crippen LogP contribution in [0.5, 0.6) is 0 Å². The Hall–Kier alpha value is 0.0500. The average molecular weight is 379 g/mol. The fraction of sp³-hybridized carbons (Fsp3) is 0.692. The summed E-state index contributed by atoms with van der Waals surface area (Å²) in [4.78, 5) is 2.46. The highest BCUT2D eigenvalue weighted by Gasteiger charge is 2.40. The van der Waals surface area contributed by atoms with E-state index in [1.807, 2.05) is 12.3 Å². The third kappa shape index (κ3) is 2.59. The highest BCUT2D eigenvalue weighted by Crippen LogP contribution is 2.34. The van der Waals surface area contributed by atoms with Crippen LogP contribution in [0.4, 0.5) is 0 Å². The summed E-state index contributed by atoms with van der Waals surface area (Å²) in [5.41, 5.74) is 0. The molecule has 2 saturated heterocycles. The fourth-order valence-corrected chi connectivity index (χ4v) is 7.32. The molecule has 3 heterocycles. The van der Waals surface area contributed by atoms with Crippen LogP contribution < -0.4 is 0 Å². The molecule has 2 atom stereocenters. The summed E-state index contributed by atoms with van der Waals surface area (Å²) in [6, 6.07) is 2.25. The average Bonchev–Trinajstić information content (AvgIpc) is 2.85. The van der Waals surface area contributed by atoms with Crippen molar-refractivity contribution in [2.24, 2.45) is 0 Å². The molecule has 20 heavy (non-hydrogen) atoms. The van der Waals surface area contributed by atoms with Gasteiger partial charge < -0.3 is 0 Å². The number of halogens is 1. The zero-order chi connectivity index (χ0) is 14.3. The van der Waals surface area contributed by atoms with Crippen molar-refractivity contribution in [1.82, 2.24) is 9.21 Å². The minimum absolute atomic E-state index is 0.0448. The van der Waals surface area contributed by atoms with Gasteiger partial charge in [0.05, 0.1) is 0 Å². The minimum atomic E-state index is -3.37. The zero-order valence-electron chi connectivity index (χ0n) is 11.5. The molecule has 3 rings (SSSR count). The SMILES string of the molecule is CC1CN2CCCCC2CN1S(=O)(=O)c1sccc1Br. The first-order chi connectivity index (χ1) is 9.50. The number of sulfonamides is 1. The van der Waals surface area contributed by atoms with E-state index in [2.05, 4.69) is 20.8 Å². The maximum Gasteiger partial charge on any atom is 0.254 e. The van der Waals surface area contributed by atoms with Gasteiger partial charge in [0.15, 0.2) is 0 Å². The molecule has 0 radical (unpaired) electrons. The summed E-state index contributed by atoms with van der Waals surface area (Å²) in [6.07, 6.45) is 3.57. The van der Waals surface area contributed by atoms with Crippen molar-refractivity contribution in [3.63, 3.8) is 0 Å². The second-order valence-electron chi connectivity index (χ2n) is 5.62. The largest absolute Gasteiger partial charge is 0.297 e. The number of hydrogen-bond acceptors (Lipinski definition) is 4. The highest BCUT2D eigenvalue weighted by molar-refractivity contribution is 9.10. The number of rotatable bonds is 2. The summed E-state index contributed by atoms with van der Waals surface area (Å²) in [7, 11) is -3.37. The first kappa shape index (κ1) is 15.0. The van der Waals surface area contributed by atoms with E-state index in [0.29, 0.717) is 21.3 Å². The lowest BCUT2D eigenvalue weighted by atomic mass is 9.99. The Kier molecular flexibility index (Phi) is 4.25. The predicted molar refractivity (Wildman–Crippen MR) is 84.6 cm³/mol. The van der Waals surface area contributed by atoms with Gasteiger partial charge in [-0.25, -0.2) is 8.42 Å². The smallest absolute Gasteiger partial charge is 0.254 e. The molecule has 0 amide bonds. The van der Waals surface area contributed by atoms with Gasteiger partial charge in [-0.05, 0) is 53.7 Å². The number of nitrogens with zero attached hydrogens (tertiary/aromatic N) is 2. The quantitative estimate of drug-likeness (QED) is 0.794. The summed E-state index contributed by atoms with van der Waals surface area (Å²) < 4.78 is 28.5. The molecule has 0 bridgehead atoms. The molecular formula is C13H19BrN2O2S2. The van der Waals surface area contributed by atoms with Gasteiger partial charge in [0.1, 0.15) is 4.21 Å². The van der Waals surface area contributed by atoms with Crippen molar-refractivity contribution >= 4 is 37.3 Å². The molecule has 7 heteroatoms. The molecule has 1 aromatic heterocycles. The van der Waals surface area contributed by atoms with Crippen LogP contribution in [-0.2, 0) is 10.0 Å². The van der Waals surface area contributed by atoms with Crippen molar-refractivity contribution in [1.29, 1.82) is 0 Å². The van der Waals surface area contributed by atoms with Crippen LogP contribution in [0.2, 0.25) is 0 Å². The van der Waals surface area contributed by atoms with Gasteiger partial charge in [0.2, 0.25) is 0 Å². The van der Waals surface area contributed by atoms with Crippen LogP contribution in [0, 0.1) is 0 Å². The van der Waals surface area contributed by atoms with Crippen LogP contribution in [0.1, 0.15) is 26.2 Å². The van der Waals surface area contributed by atoms with Crippen molar-refractivity contribution in [2.75, 3.05) is 19.6 Å². The second-order valence-corrected chi connectivity index (χ2v) is 9.48. The maximum absolute atomic E-state index is 12.8. The molecule has 0 N–H and O–H groups in total.